The van der Waals surface area contributed by atoms with E-state index >= 15 is 0 Å². The summed E-state index contributed by atoms with van der Waals surface area (Å²) in [7, 11) is -3.78. The van der Waals surface area contributed by atoms with Crippen LogP contribution in [0.2, 0.25) is 10.0 Å². The van der Waals surface area contributed by atoms with Crippen molar-refractivity contribution in [3.63, 3.8) is 0 Å². The quantitative estimate of drug-likeness (QED) is 0.692. The summed E-state index contributed by atoms with van der Waals surface area (Å²) in [6, 6.07) is 10.8. The van der Waals surface area contributed by atoms with Crippen LogP contribution in [0, 0.1) is 0 Å². The van der Waals surface area contributed by atoms with Gasteiger partial charge < -0.3 is 5.32 Å². The Morgan fingerprint density at radius 1 is 1.08 bits per heavy atom. The molecule has 0 spiro atoms. The van der Waals surface area contributed by atoms with Crippen LogP contribution in [0.25, 0.3) is 10.1 Å². The van der Waals surface area contributed by atoms with Gasteiger partial charge >= 0.3 is 0 Å². The zero-order valence-corrected chi connectivity index (χ0v) is 15.1. The fourth-order valence-electron chi connectivity index (χ4n) is 2.13. The van der Waals surface area contributed by atoms with Crippen LogP contribution < -0.4 is 10.5 Å². The first kappa shape index (κ1) is 17.2. The lowest BCUT2D eigenvalue weighted by atomic mass is 10.2. The number of halogens is 2. The monoisotopic (exact) mass is 400 g/mol. The van der Waals surface area contributed by atoms with Gasteiger partial charge in [-0.15, -0.1) is 11.3 Å². The Morgan fingerprint density at radius 3 is 2.33 bits per heavy atom. The molecule has 0 saturated heterocycles. The van der Waals surface area contributed by atoms with Gasteiger partial charge in [-0.2, -0.15) is 0 Å². The summed E-state index contributed by atoms with van der Waals surface area (Å²) in [5, 5.41) is 9.11. The standard InChI is InChI=1S/C15H10Cl2N2O3S2/c16-10-2-1-3-11-12(10)13(17)14(23-11)15(20)19-8-4-6-9(7-5-8)24(18,21)22/h1-7H,(H,19,20)(H2,18,21,22). The molecule has 1 heterocycles. The van der Waals surface area contributed by atoms with Gasteiger partial charge in [0.1, 0.15) is 4.88 Å². The number of primary sulfonamides is 1. The molecule has 3 N–H and O–H groups in total. The maximum atomic E-state index is 12.4. The summed E-state index contributed by atoms with van der Waals surface area (Å²) in [6.07, 6.45) is 0. The molecule has 0 radical (unpaired) electrons. The van der Waals surface area contributed by atoms with E-state index in [-0.39, 0.29) is 4.90 Å². The zero-order chi connectivity index (χ0) is 17.5. The van der Waals surface area contributed by atoms with E-state index in [4.69, 9.17) is 28.3 Å². The number of thiophene rings is 1. The molecule has 0 atom stereocenters. The van der Waals surface area contributed by atoms with Crippen molar-refractivity contribution in [2.45, 2.75) is 4.90 Å². The maximum Gasteiger partial charge on any atom is 0.267 e. The van der Waals surface area contributed by atoms with Crippen LogP contribution in [0.4, 0.5) is 5.69 Å². The molecule has 24 heavy (non-hydrogen) atoms. The van der Waals surface area contributed by atoms with Crippen LogP contribution in [0.15, 0.2) is 47.4 Å². The number of rotatable bonds is 3. The molecular weight excluding hydrogens is 391 g/mol. The summed E-state index contributed by atoms with van der Waals surface area (Å²) in [5.41, 5.74) is 0.423. The van der Waals surface area contributed by atoms with Crippen molar-refractivity contribution in [1.82, 2.24) is 0 Å². The number of anilines is 1. The van der Waals surface area contributed by atoms with Crippen LogP contribution in [0.1, 0.15) is 9.67 Å². The van der Waals surface area contributed by atoms with E-state index in [1.54, 1.807) is 12.1 Å². The highest BCUT2D eigenvalue weighted by atomic mass is 35.5. The molecule has 124 valence electrons. The van der Waals surface area contributed by atoms with Crippen molar-refractivity contribution < 1.29 is 13.2 Å². The number of fused-ring (bicyclic) bond motifs is 1. The number of hydrogen-bond acceptors (Lipinski definition) is 4. The van der Waals surface area contributed by atoms with E-state index < -0.39 is 15.9 Å². The van der Waals surface area contributed by atoms with Crippen molar-refractivity contribution in [3.05, 3.63) is 57.4 Å². The van der Waals surface area contributed by atoms with Crippen LogP contribution in [0.5, 0.6) is 0 Å². The molecule has 5 nitrogen and oxygen atoms in total. The molecule has 0 aliphatic heterocycles. The van der Waals surface area contributed by atoms with E-state index in [2.05, 4.69) is 5.32 Å². The normalized spacial score (nSPS) is 11.6. The summed E-state index contributed by atoms with van der Waals surface area (Å²) in [5.74, 6) is -0.402. The summed E-state index contributed by atoms with van der Waals surface area (Å²) >= 11 is 13.6. The van der Waals surface area contributed by atoms with E-state index in [1.807, 2.05) is 6.07 Å². The molecule has 9 heteroatoms. The lowest BCUT2D eigenvalue weighted by Crippen LogP contribution is -2.13. The molecule has 0 aliphatic rings. The summed E-state index contributed by atoms with van der Waals surface area (Å²) in [4.78, 5) is 12.7. The fraction of sp³-hybridized carbons (Fsp3) is 0. The number of carbonyl (C=O) groups is 1. The molecule has 0 unspecified atom stereocenters. The lowest BCUT2D eigenvalue weighted by molar-refractivity contribution is 0.103. The average Bonchev–Trinajstić information content (AvgIpc) is 2.85. The first-order valence-corrected chi connectivity index (χ1v) is 9.70. The van der Waals surface area contributed by atoms with E-state index in [1.165, 1.54) is 35.6 Å². The van der Waals surface area contributed by atoms with Gasteiger partial charge in [0.2, 0.25) is 10.0 Å². The van der Waals surface area contributed by atoms with Gasteiger partial charge in [-0.1, -0.05) is 29.3 Å². The lowest BCUT2D eigenvalue weighted by Gasteiger charge is -2.05. The van der Waals surface area contributed by atoms with Crippen LogP contribution in [-0.4, -0.2) is 14.3 Å². The highest BCUT2D eigenvalue weighted by Crippen LogP contribution is 2.39. The van der Waals surface area contributed by atoms with Gasteiger partial charge in [-0.25, -0.2) is 13.6 Å². The number of amides is 1. The minimum Gasteiger partial charge on any atom is -0.321 e. The number of benzene rings is 2. The Labute approximate surface area is 152 Å². The second-order valence-electron chi connectivity index (χ2n) is 4.88. The number of nitrogens with two attached hydrogens (primary N) is 1. The molecule has 3 aromatic rings. The largest absolute Gasteiger partial charge is 0.321 e. The highest BCUT2D eigenvalue weighted by molar-refractivity contribution is 7.89. The first-order chi connectivity index (χ1) is 11.3. The van der Waals surface area contributed by atoms with Gasteiger partial charge in [0.05, 0.1) is 14.9 Å². The number of carbonyl (C=O) groups excluding carboxylic acids is 1. The number of sulfonamides is 1. The molecular formula is C15H10Cl2N2O3S2. The minimum atomic E-state index is -3.78. The molecule has 2 aromatic carbocycles. The number of nitrogens with one attached hydrogen (secondary N) is 1. The molecule has 1 amide bonds. The van der Waals surface area contributed by atoms with E-state index in [0.29, 0.717) is 26.0 Å². The van der Waals surface area contributed by atoms with Gasteiger partial charge in [0.15, 0.2) is 0 Å². The first-order valence-electron chi connectivity index (χ1n) is 6.58. The topological polar surface area (TPSA) is 89.3 Å². The third kappa shape index (κ3) is 3.26. The molecule has 3 rings (SSSR count). The summed E-state index contributed by atoms with van der Waals surface area (Å²) in [6.45, 7) is 0. The SMILES string of the molecule is NS(=O)(=O)c1ccc(NC(=O)c2sc3cccc(Cl)c3c2Cl)cc1. The second kappa shape index (κ2) is 6.34. The number of hydrogen-bond donors (Lipinski definition) is 2. The third-order valence-corrected chi connectivity index (χ3v) is 6.14. The average molecular weight is 401 g/mol. The third-order valence-electron chi connectivity index (χ3n) is 3.25. The fourth-order valence-corrected chi connectivity index (χ4v) is 4.50. The van der Waals surface area contributed by atoms with Crippen molar-refractivity contribution in [2.24, 2.45) is 5.14 Å². The van der Waals surface area contributed by atoms with Crippen molar-refractivity contribution in [3.8, 4) is 0 Å². The van der Waals surface area contributed by atoms with Gasteiger partial charge in [0, 0.05) is 15.8 Å². The maximum absolute atomic E-state index is 12.4. The summed E-state index contributed by atoms with van der Waals surface area (Å²) < 4.78 is 23.3. The van der Waals surface area contributed by atoms with Crippen LogP contribution in [0.3, 0.4) is 0 Å². The van der Waals surface area contributed by atoms with Gasteiger partial charge in [0.25, 0.3) is 5.91 Å². The minimum absolute atomic E-state index is 0.0350. The smallest absolute Gasteiger partial charge is 0.267 e. The van der Waals surface area contributed by atoms with Gasteiger partial charge in [-0.3, -0.25) is 4.79 Å². The molecule has 0 aliphatic carbocycles. The van der Waals surface area contributed by atoms with Crippen molar-refractivity contribution in [2.75, 3.05) is 5.32 Å². The molecule has 0 bridgehead atoms. The zero-order valence-electron chi connectivity index (χ0n) is 11.9. The van der Waals surface area contributed by atoms with Gasteiger partial charge in [-0.05, 0) is 36.4 Å². The molecule has 0 fully saturated rings. The van der Waals surface area contributed by atoms with E-state index in [9.17, 15) is 13.2 Å². The Hall–Kier alpha value is -1.64. The molecule has 1 aromatic heterocycles. The second-order valence-corrected chi connectivity index (χ2v) is 8.28. The predicted molar refractivity (Wildman–Crippen MR) is 97.6 cm³/mol. The highest BCUT2D eigenvalue weighted by Gasteiger charge is 2.19. The Kier molecular flexibility index (Phi) is 4.54. The van der Waals surface area contributed by atoms with Crippen LogP contribution >= 0.6 is 34.5 Å². The van der Waals surface area contributed by atoms with Crippen LogP contribution in [-0.2, 0) is 10.0 Å². The Bertz CT molecular complexity index is 1040. The van der Waals surface area contributed by atoms with Crippen molar-refractivity contribution >= 4 is 66.2 Å². The predicted octanol–water partition coefficient (Wildman–Crippen LogP) is 4.11. The van der Waals surface area contributed by atoms with E-state index in [0.717, 1.165) is 4.70 Å². The van der Waals surface area contributed by atoms with Crippen molar-refractivity contribution in [1.29, 1.82) is 0 Å². The Balaban J connectivity index is 1.90. The molecule has 0 saturated carbocycles. The Morgan fingerprint density at radius 2 is 1.75 bits per heavy atom.